The Balaban J connectivity index is 2.15. The number of hydrogen-bond acceptors (Lipinski definition) is 4. The van der Waals surface area contributed by atoms with E-state index in [-0.39, 0.29) is 11.6 Å². The van der Waals surface area contributed by atoms with Crippen molar-refractivity contribution < 1.29 is 19.2 Å². The minimum atomic E-state index is -1.02. The molecule has 6 nitrogen and oxygen atoms in total. The Morgan fingerprint density at radius 3 is 2.75 bits per heavy atom. The van der Waals surface area contributed by atoms with Crippen molar-refractivity contribution in [1.82, 2.24) is 10.5 Å². The molecule has 2 N–H and O–H groups in total. The summed E-state index contributed by atoms with van der Waals surface area (Å²) in [5, 5.41) is 15.6. The maximum Gasteiger partial charge on any atom is 0.326 e. The number of hydrogen-bond donors (Lipinski definition) is 2. The lowest BCUT2D eigenvalue weighted by atomic mass is 9.95. The summed E-state index contributed by atoms with van der Waals surface area (Å²) in [5.41, 5.74) is 1.08. The third-order valence-corrected chi connectivity index (χ3v) is 3.93. The maximum atomic E-state index is 12.2. The third-order valence-electron chi connectivity index (χ3n) is 3.93. The SMILES string of the molecule is CCC(C)C(NC(=O)c1noc2c1CCCC2)C(=O)O. The predicted octanol–water partition coefficient (Wildman–Crippen LogP) is 1.78. The predicted molar refractivity (Wildman–Crippen MR) is 71.5 cm³/mol. The van der Waals surface area contributed by atoms with Gasteiger partial charge < -0.3 is 14.9 Å². The van der Waals surface area contributed by atoms with Crippen molar-refractivity contribution >= 4 is 11.9 Å². The summed E-state index contributed by atoms with van der Waals surface area (Å²) < 4.78 is 5.18. The summed E-state index contributed by atoms with van der Waals surface area (Å²) in [5.74, 6) is -0.856. The lowest BCUT2D eigenvalue weighted by Crippen LogP contribution is -2.45. The van der Waals surface area contributed by atoms with Gasteiger partial charge in [0.1, 0.15) is 11.8 Å². The molecule has 0 spiro atoms. The number of nitrogens with zero attached hydrogens (tertiary/aromatic N) is 1. The van der Waals surface area contributed by atoms with Gasteiger partial charge in [-0.3, -0.25) is 4.79 Å². The molecule has 1 heterocycles. The van der Waals surface area contributed by atoms with Crippen LogP contribution in [0.5, 0.6) is 0 Å². The van der Waals surface area contributed by atoms with Crippen LogP contribution < -0.4 is 5.32 Å². The average Bonchev–Trinajstić information content (AvgIpc) is 2.87. The van der Waals surface area contributed by atoms with Crippen molar-refractivity contribution in [3.8, 4) is 0 Å². The zero-order valence-electron chi connectivity index (χ0n) is 11.8. The van der Waals surface area contributed by atoms with Crippen LogP contribution in [0.4, 0.5) is 0 Å². The van der Waals surface area contributed by atoms with Crippen LogP contribution in [0.15, 0.2) is 4.52 Å². The van der Waals surface area contributed by atoms with Crippen LogP contribution in [0.25, 0.3) is 0 Å². The van der Waals surface area contributed by atoms with Crippen LogP contribution >= 0.6 is 0 Å². The summed E-state index contributed by atoms with van der Waals surface area (Å²) >= 11 is 0. The summed E-state index contributed by atoms with van der Waals surface area (Å²) in [4.78, 5) is 23.5. The van der Waals surface area contributed by atoms with E-state index in [2.05, 4.69) is 10.5 Å². The monoisotopic (exact) mass is 280 g/mol. The van der Waals surface area contributed by atoms with Crippen molar-refractivity contribution in [2.24, 2.45) is 5.92 Å². The normalized spacial score (nSPS) is 17.1. The summed E-state index contributed by atoms with van der Waals surface area (Å²) in [7, 11) is 0. The van der Waals surface area contributed by atoms with E-state index in [1.807, 2.05) is 6.92 Å². The van der Waals surface area contributed by atoms with Gasteiger partial charge in [0.05, 0.1) is 0 Å². The van der Waals surface area contributed by atoms with Gasteiger partial charge in [0.25, 0.3) is 5.91 Å². The Hall–Kier alpha value is -1.85. The number of carbonyl (C=O) groups is 2. The first kappa shape index (κ1) is 14.6. The lowest BCUT2D eigenvalue weighted by Gasteiger charge is -2.19. The summed E-state index contributed by atoms with van der Waals surface area (Å²) in [6, 6.07) is -0.900. The molecule has 2 atom stereocenters. The average molecular weight is 280 g/mol. The molecule has 1 aliphatic carbocycles. The minimum Gasteiger partial charge on any atom is -0.480 e. The fraction of sp³-hybridized carbons (Fsp3) is 0.643. The van der Waals surface area contributed by atoms with Crippen LogP contribution in [0, 0.1) is 5.92 Å². The molecule has 1 aromatic heterocycles. The van der Waals surface area contributed by atoms with E-state index in [4.69, 9.17) is 4.52 Å². The highest BCUT2D eigenvalue weighted by Crippen LogP contribution is 2.24. The number of carboxylic acid groups (broad SMARTS) is 1. The number of carbonyl (C=O) groups excluding carboxylic acids is 1. The van der Waals surface area contributed by atoms with E-state index in [9.17, 15) is 14.7 Å². The van der Waals surface area contributed by atoms with Gasteiger partial charge in [-0.1, -0.05) is 25.4 Å². The van der Waals surface area contributed by atoms with E-state index in [1.54, 1.807) is 6.92 Å². The molecule has 20 heavy (non-hydrogen) atoms. The molecular formula is C14H20N2O4. The molecule has 0 radical (unpaired) electrons. The van der Waals surface area contributed by atoms with Gasteiger partial charge in [0.15, 0.2) is 5.69 Å². The topological polar surface area (TPSA) is 92.4 Å². The lowest BCUT2D eigenvalue weighted by molar-refractivity contribution is -0.140. The van der Waals surface area contributed by atoms with E-state index in [1.165, 1.54) is 0 Å². The fourth-order valence-corrected chi connectivity index (χ4v) is 2.46. The Morgan fingerprint density at radius 1 is 1.40 bits per heavy atom. The number of aliphatic carboxylic acids is 1. The molecule has 2 unspecified atom stereocenters. The molecule has 0 saturated heterocycles. The Kier molecular flexibility index (Phi) is 4.42. The third kappa shape index (κ3) is 2.84. The number of fused-ring (bicyclic) bond motifs is 1. The highest BCUT2D eigenvalue weighted by Gasteiger charge is 2.29. The van der Waals surface area contributed by atoms with Crippen molar-refractivity contribution in [2.75, 3.05) is 0 Å². The molecule has 0 saturated carbocycles. The summed E-state index contributed by atoms with van der Waals surface area (Å²) in [6.45, 7) is 3.70. The van der Waals surface area contributed by atoms with Gasteiger partial charge in [0, 0.05) is 12.0 Å². The highest BCUT2D eigenvalue weighted by atomic mass is 16.5. The number of nitrogens with one attached hydrogen (secondary N) is 1. The molecular weight excluding hydrogens is 260 g/mol. The van der Waals surface area contributed by atoms with E-state index < -0.39 is 17.9 Å². The highest BCUT2D eigenvalue weighted by molar-refractivity contribution is 5.96. The molecule has 1 aromatic rings. The number of amides is 1. The molecule has 110 valence electrons. The quantitative estimate of drug-likeness (QED) is 0.857. The van der Waals surface area contributed by atoms with E-state index in [0.717, 1.165) is 37.0 Å². The first-order chi connectivity index (χ1) is 9.54. The minimum absolute atomic E-state index is 0.140. The van der Waals surface area contributed by atoms with Crippen molar-refractivity contribution in [2.45, 2.75) is 52.0 Å². The van der Waals surface area contributed by atoms with Crippen LogP contribution in [-0.4, -0.2) is 28.2 Å². The van der Waals surface area contributed by atoms with Crippen LogP contribution in [-0.2, 0) is 17.6 Å². The second-order valence-electron chi connectivity index (χ2n) is 5.31. The molecule has 2 rings (SSSR count). The molecule has 0 aliphatic heterocycles. The van der Waals surface area contributed by atoms with Crippen molar-refractivity contribution in [1.29, 1.82) is 0 Å². The molecule has 1 amide bonds. The molecule has 0 bridgehead atoms. The Bertz CT molecular complexity index is 509. The number of carboxylic acids is 1. The van der Waals surface area contributed by atoms with E-state index in [0.29, 0.717) is 6.42 Å². The molecule has 6 heteroatoms. The largest absolute Gasteiger partial charge is 0.480 e. The summed E-state index contributed by atoms with van der Waals surface area (Å²) in [6.07, 6.45) is 4.27. The molecule has 0 aromatic carbocycles. The molecule has 0 fully saturated rings. The van der Waals surface area contributed by atoms with Gasteiger partial charge in [-0.15, -0.1) is 0 Å². The van der Waals surface area contributed by atoms with Gasteiger partial charge in [-0.05, 0) is 25.2 Å². The number of rotatable bonds is 5. The second kappa shape index (κ2) is 6.07. The Morgan fingerprint density at radius 2 is 2.10 bits per heavy atom. The van der Waals surface area contributed by atoms with Gasteiger partial charge in [0.2, 0.25) is 0 Å². The van der Waals surface area contributed by atoms with Gasteiger partial charge in [-0.2, -0.15) is 0 Å². The Labute approximate surface area is 117 Å². The fourth-order valence-electron chi connectivity index (χ4n) is 2.46. The van der Waals surface area contributed by atoms with Crippen molar-refractivity contribution in [3.05, 3.63) is 17.0 Å². The smallest absolute Gasteiger partial charge is 0.326 e. The van der Waals surface area contributed by atoms with Crippen molar-refractivity contribution in [3.63, 3.8) is 0 Å². The van der Waals surface area contributed by atoms with Gasteiger partial charge in [-0.25, -0.2) is 4.79 Å². The van der Waals surface area contributed by atoms with Gasteiger partial charge >= 0.3 is 5.97 Å². The first-order valence-electron chi connectivity index (χ1n) is 7.05. The number of aryl methyl sites for hydroxylation is 1. The zero-order valence-corrected chi connectivity index (χ0v) is 11.8. The zero-order chi connectivity index (χ0) is 14.7. The van der Waals surface area contributed by atoms with E-state index >= 15 is 0 Å². The maximum absolute atomic E-state index is 12.2. The van der Waals surface area contributed by atoms with Crippen LogP contribution in [0.1, 0.15) is 54.9 Å². The molecule has 1 aliphatic rings. The van der Waals surface area contributed by atoms with Crippen LogP contribution in [0.2, 0.25) is 0 Å². The second-order valence-corrected chi connectivity index (χ2v) is 5.31. The van der Waals surface area contributed by atoms with Crippen LogP contribution in [0.3, 0.4) is 0 Å². The first-order valence-corrected chi connectivity index (χ1v) is 7.05. The standard InChI is InChI=1S/C14H20N2O4/c1-3-8(2)11(14(18)19)15-13(17)12-9-6-4-5-7-10(9)20-16-12/h8,11H,3-7H2,1-2H3,(H,15,17)(H,18,19). The number of aromatic nitrogens is 1.